The second-order valence-electron chi connectivity index (χ2n) is 4.68. The van der Waals surface area contributed by atoms with E-state index in [9.17, 15) is 24.7 Å². The fraction of sp³-hybridized carbons (Fsp3) is 0.900. The molecule has 1 aliphatic rings. The number of phosphoric ester groups is 1. The Bertz CT molecular complexity index is 400. The number of rotatable bonds is 6. The average molecular weight is 329 g/mol. The van der Waals surface area contributed by atoms with Gasteiger partial charge in [-0.15, -0.1) is 0 Å². The minimum absolute atomic E-state index is 0.177. The Morgan fingerprint density at radius 3 is 2.43 bits per heavy atom. The fourth-order valence-electron chi connectivity index (χ4n) is 1.90. The van der Waals surface area contributed by atoms with E-state index in [0.717, 1.165) is 0 Å². The summed E-state index contributed by atoms with van der Waals surface area (Å²) in [6, 6.07) is -1.25. The molecule has 0 radical (unpaired) electrons. The van der Waals surface area contributed by atoms with Crippen LogP contribution in [0, 0.1) is 0 Å². The zero-order valence-corrected chi connectivity index (χ0v) is 12.2. The van der Waals surface area contributed by atoms with Crippen molar-refractivity contribution >= 4 is 13.7 Å². The van der Waals surface area contributed by atoms with Crippen LogP contribution in [-0.2, 0) is 18.6 Å². The lowest BCUT2D eigenvalue weighted by Crippen LogP contribution is -2.64. The topological polar surface area (TPSA) is 166 Å². The molecule has 0 spiro atoms. The lowest BCUT2D eigenvalue weighted by Gasteiger charge is -2.40. The molecule has 5 atom stereocenters. The highest BCUT2D eigenvalue weighted by atomic mass is 31.2. The van der Waals surface area contributed by atoms with Crippen LogP contribution >= 0.6 is 7.82 Å². The van der Waals surface area contributed by atoms with Crippen LogP contribution in [0.25, 0.3) is 0 Å². The van der Waals surface area contributed by atoms with Crippen molar-refractivity contribution in [1.82, 2.24) is 5.32 Å². The summed E-state index contributed by atoms with van der Waals surface area (Å²) in [5.74, 6) is -0.429. The Morgan fingerprint density at radius 2 is 1.90 bits per heavy atom. The summed E-state index contributed by atoms with van der Waals surface area (Å²) in [5, 5.41) is 31.7. The van der Waals surface area contributed by atoms with Crippen LogP contribution in [0.1, 0.15) is 19.8 Å². The van der Waals surface area contributed by atoms with Crippen molar-refractivity contribution < 1.29 is 43.7 Å². The minimum Gasteiger partial charge on any atom is -0.388 e. The SMILES string of the molecule is CCCC(=O)N[C@H]1C(O)O[C@H](COP(=O)(O)O)[C@@H](O)[C@@H]1O. The molecule has 0 saturated carbocycles. The molecule has 0 bridgehead atoms. The van der Waals surface area contributed by atoms with Crippen LogP contribution in [0.3, 0.4) is 0 Å². The Kier molecular flexibility index (Phi) is 6.70. The van der Waals surface area contributed by atoms with Gasteiger partial charge >= 0.3 is 7.82 Å². The minimum atomic E-state index is -4.77. The molecule has 6 N–H and O–H groups in total. The van der Waals surface area contributed by atoms with Gasteiger partial charge in [-0.05, 0) is 6.42 Å². The molecule has 11 heteroatoms. The van der Waals surface area contributed by atoms with E-state index in [1.165, 1.54) is 0 Å². The molecular formula is C10H20NO9P. The van der Waals surface area contributed by atoms with Crippen molar-refractivity contribution in [1.29, 1.82) is 0 Å². The van der Waals surface area contributed by atoms with Gasteiger partial charge in [0, 0.05) is 6.42 Å². The van der Waals surface area contributed by atoms with E-state index < -0.39 is 51.0 Å². The van der Waals surface area contributed by atoms with Crippen LogP contribution in [0.4, 0.5) is 0 Å². The number of aliphatic hydroxyl groups excluding tert-OH is 3. The molecule has 1 amide bonds. The molecule has 1 heterocycles. The predicted molar refractivity (Wildman–Crippen MR) is 67.7 cm³/mol. The van der Waals surface area contributed by atoms with E-state index in [2.05, 4.69) is 9.84 Å². The predicted octanol–water partition coefficient (Wildman–Crippen LogP) is -2.18. The smallest absolute Gasteiger partial charge is 0.388 e. The van der Waals surface area contributed by atoms with Gasteiger partial charge in [-0.25, -0.2) is 4.57 Å². The highest BCUT2D eigenvalue weighted by Gasteiger charge is 2.45. The maximum absolute atomic E-state index is 11.4. The molecule has 1 unspecified atom stereocenters. The Labute approximate surface area is 120 Å². The standard InChI is InChI=1S/C10H20NO9P/c1-2-3-6(12)11-7-9(14)8(13)5(20-10(7)15)4-19-21(16,17)18/h5,7-10,13-15H,2-4H2,1H3,(H,11,12)(H2,16,17,18)/t5-,7-,8-,9-,10?/m1/s1. The first-order valence-corrected chi connectivity index (χ1v) is 7.88. The number of ether oxygens (including phenoxy) is 1. The summed E-state index contributed by atoms with van der Waals surface area (Å²) in [6.07, 6.45) is -5.41. The molecule has 1 rings (SSSR count). The van der Waals surface area contributed by atoms with Gasteiger partial charge in [0.1, 0.15) is 24.4 Å². The summed E-state index contributed by atoms with van der Waals surface area (Å²) in [6.45, 7) is 1.04. The first-order valence-electron chi connectivity index (χ1n) is 6.34. The van der Waals surface area contributed by atoms with Gasteiger partial charge in [0.15, 0.2) is 6.29 Å². The summed E-state index contributed by atoms with van der Waals surface area (Å²) in [4.78, 5) is 28.6. The van der Waals surface area contributed by atoms with Crippen LogP contribution in [0.5, 0.6) is 0 Å². The lowest BCUT2D eigenvalue weighted by molar-refractivity contribution is -0.252. The van der Waals surface area contributed by atoms with Crippen LogP contribution in [0.15, 0.2) is 0 Å². The van der Waals surface area contributed by atoms with E-state index >= 15 is 0 Å². The second kappa shape index (κ2) is 7.61. The third-order valence-electron chi connectivity index (χ3n) is 2.93. The number of hydrogen-bond donors (Lipinski definition) is 6. The van der Waals surface area contributed by atoms with Crippen molar-refractivity contribution in [3.63, 3.8) is 0 Å². The Morgan fingerprint density at radius 1 is 1.29 bits per heavy atom. The summed E-state index contributed by atoms with van der Waals surface area (Å²) >= 11 is 0. The van der Waals surface area contributed by atoms with Crippen LogP contribution in [-0.4, -0.2) is 68.3 Å². The van der Waals surface area contributed by atoms with Gasteiger partial charge in [-0.1, -0.05) is 6.92 Å². The number of carbonyl (C=O) groups is 1. The van der Waals surface area contributed by atoms with E-state index in [-0.39, 0.29) is 6.42 Å². The zero-order valence-electron chi connectivity index (χ0n) is 11.3. The first-order chi connectivity index (χ1) is 9.65. The van der Waals surface area contributed by atoms with Crippen molar-refractivity contribution in [2.45, 2.75) is 50.4 Å². The highest BCUT2D eigenvalue weighted by Crippen LogP contribution is 2.36. The zero-order chi connectivity index (χ0) is 16.2. The molecule has 124 valence electrons. The number of phosphoric acid groups is 1. The maximum Gasteiger partial charge on any atom is 0.469 e. The molecule has 1 aliphatic heterocycles. The van der Waals surface area contributed by atoms with Gasteiger partial charge in [-0.3, -0.25) is 9.32 Å². The molecule has 1 fully saturated rings. The van der Waals surface area contributed by atoms with Gasteiger partial charge in [0.2, 0.25) is 5.91 Å². The molecule has 0 aromatic carbocycles. The third kappa shape index (κ3) is 5.61. The van der Waals surface area contributed by atoms with Crippen LogP contribution < -0.4 is 5.32 Å². The fourth-order valence-corrected chi connectivity index (χ4v) is 2.24. The normalized spacial score (nSPS) is 33.7. The van der Waals surface area contributed by atoms with E-state index in [1.807, 2.05) is 0 Å². The lowest BCUT2D eigenvalue weighted by atomic mass is 9.97. The largest absolute Gasteiger partial charge is 0.469 e. The third-order valence-corrected chi connectivity index (χ3v) is 3.42. The van der Waals surface area contributed by atoms with Crippen molar-refractivity contribution in [3.05, 3.63) is 0 Å². The maximum atomic E-state index is 11.4. The molecule has 10 nitrogen and oxygen atoms in total. The van der Waals surface area contributed by atoms with E-state index in [1.54, 1.807) is 6.92 Å². The molecule has 0 aromatic heterocycles. The number of amides is 1. The van der Waals surface area contributed by atoms with Crippen molar-refractivity contribution in [2.24, 2.45) is 0 Å². The molecule has 1 saturated heterocycles. The number of hydrogen-bond acceptors (Lipinski definition) is 7. The van der Waals surface area contributed by atoms with Crippen molar-refractivity contribution in [2.75, 3.05) is 6.61 Å². The van der Waals surface area contributed by atoms with Crippen LogP contribution in [0.2, 0.25) is 0 Å². The Hall–Kier alpha value is -0.580. The van der Waals surface area contributed by atoms with E-state index in [4.69, 9.17) is 14.5 Å². The summed E-state index contributed by atoms with van der Waals surface area (Å²) in [5.41, 5.74) is 0. The molecule has 0 aromatic rings. The van der Waals surface area contributed by atoms with Gasteiger partial charge in [-0.2, -0.15) is 0 Å². The number of nitrogens with one attached hydrogen (secondary N) is 1. The monoisotopic (exact) mass is 329 g/mol. The van der Waals surface area contributed by atoms with E-state index in [0.29, 0.717) is 6.42 Å². The van der Waals surface area contributed by atoms with Gasteiger partial charge in [0.05, 0.1) is 6.61 Å². The van der Waals surface area contributed by atoms with Gasteiger partial charge in [0.25, 0.3) is 0 Å². The molecule has 21 heavy (non-hydrogen) atoms. The second-order valence-corrected chi connectivity index (χ2v) is 5.92. The quantitative estimate of drug-likeness (QED) is 0.297. The molecular weight excluding hydrogens is 309 g/mol. The highest BCUT2D eigenvalue weighted by molar-refractivity contribution is 7.46. The number of aliphatic hydroxyl groups is 3. The summed E-state index contributed by atoms with van der Waals surface area (Å²) < 4.78 is 19.7. The summed E-state index contributed by atoms with van der Waals surface area (Å²) in [7, 11) is -4.77. The average Bonchev–Trinajstić information content (AvgIpc) is 2.36. The Balaban J connectivity index is 2.64. The van der Waals surface area contributed by atoms with Gasteiger partial charge < -0.3 is 35.2 Å². The van der Waals surface area contributed by atoms with Crippen molar-refractivity contribution in [3.8, 4) is 0 Å². The molecule has 0 aliphatic carbocycles. The number of carbonyl (C=O) groups excluding carboxylic acids is 1. The first kappa shape index (κ1) is 18.5.